The second kappa shape index (κ2) is 6.61. The van der Waals surface area contributed by atoms with Crippen LogP contribution in [0, 0.1) is 5.92 Å². The lowest BCUT2D eigenvalue weighted by molar-refractivity contribution is 0.106. The summed E-state index contributed by atoms with van der Waals surface area (Å²) in [5.41, 5.74) is 1.36. The summed E-state index contributed by atoms with van der Waals surface area (Å²) in [6.07, 6.45) is 2.22. The summed E-state index contributed by atoms with van der Waals surface area (Å²) in [4.78, 5) is 0. The summed E-state index contributed by atoms with van der Waals surface area (Å²) in [6, 6.07) is 10.5. The molecule has 0 spiro atoms. The predicted molar refractivity (Wildman–Crippen MR) is 60.4 cm³/mol. The lowest BCUT2D eigenvalue weighted by Gasteiger charge is -2.09. The van der Waals surface area contributed by atoms with Gasteiger partial charge in [-0.25, -0.2) is 0 Å². The van der Waals surface area contributed by atoms with Crippen LogP contribution >= 0.6 is 0 Å². The zero-order valence-electron chi connectivity index (χ0n) is 9.20. The van der Waals surface area contributed by atoms with Gasteiger partial charge in [0.1, 0.15) is 0 Å². The third-order valence-electron chi connectivity index (χ3n) is 2.48. The van der Waals surface area contributed by atoms with Crippen LogP contribution in [-0.2, 0) is 11.2 Å². The molecule has 0 heterocycles. The average Bonchev–Trinajstić information content (AvgIpc) is 2.25. The van der Waals surface area contributed by atoms with Crippen molar-refractivity contribution >= 4 is 0 Å². The molecule has 0 radical (unpaired) electrons. The highest BCUT2D eigenvalue weighted by Crippen LogP contribution is 2.03. The van der Waals surface area contributed by atoms with Crippen LogP contribution in [0.25, 0.3) is 0 Å². The Hall–Kier alpha value is -0.820. The van der Waals surface area contributed by atoms with Crippen LogP contribution in [0.2, 0.25) is 0 Å². The maximum atomic E-state index is 5.59. The first-order valence-corrected chi connectivity index (χ1v) is 5.44. The largest absolute Gasteiger partial charge is 0.381 e. The molecule has 1 heteroatoms. The lowest BCUT2D eigenvalue weighted by Crippen LogP contribution is -2.07. The molecule has 14 heavy (non-hydrogen) atoms. The summed E-state index contributed by atoms with van der Waals surface area (Å²) in [5.74, 6) is 0.686. The first kappa shape index (κ1) is 11.3. The van der Waals surface area contributed by atoms with E-state index in [1.807, 2.05) is 6.07 Å². The summed E-state index contributed by atoms with van der Waals surface area (Å²) < 4.78 is 5.59. The Bertz CT molecular complexity index is 230. The van der Waals surface area contributed by atoms with Crippen LogP contribution in [-0.4, -0.2) is 13.2 Å². The molecule has 1 aromatic rings. The van der Waals surface area contributed by atoms with Crippen LogP contribution in [0.3, 0.4) is 0 Å². The van der Waals surface area contributed by atoms with E-state index in [0.29, 0.717) is 5.92 Å². The molecule has 0 amide bonds. The Kier molecular flexibility index (Phi) is 5.31. The molecule has 0 aliphatic heterocycles. The van der Waals surface area contributed by atoms with E-state index >= 15 is 0 Å². The molecule has 1 aromatic carbocycles. The van der Waals surface area contributed by atoms with Crippen LogP contribution in [0.4, 0.5) is 0 Å². The normalized spacial score (nSPS) is 12.7. The fourth-order valence-electron chi connectivity index (χ4n) is 1.24. The highest BCUT2D eigenvalue weighted by molar-refractivity contribution is 5.14. The molecule has 0 unspecified atom stereocenters. The molecule has 0 bridgehead atoms. The van der Waals surface area contributed by atoms with Crippen LogP contribution in [0.1, 0.15) is 25.8 Å². The highest BCUT2D eigenvalue weighted by Gasteiger charge is 1.98. The molecule has 0 N–H and O–H groups in total. The maximum Gasteiger partial charge on any atom is 0.0506 e. The van der Waals surface area contributed by atoms with E-state index in [0.717, 1.165) is 19.6 Å². The highest BCUT2D eigenvalue weighted by atomic mass is 16.5. The van der Waals surface area contributed by atoms with Gasteiger partial charge in [0, 0.05) is 6.61 Å². The van der Waals surface area contributed by atoms with Crippen molar-refractivity contribution in [3.8, 4) is 0 Å². The number of hydrogen-bond acceptors (Lipinski definition) is 1. The number of benzene rings is 1. The van der Waals surface area contributed by atoms with Gasteiger partial charge in [-0.15, -0.1) is 0 Å². The SMILES string of the molecule is CC[C@H](C)COCCc1ccccc1. The molecule has 0 fully saturated rings. The summed E-state index contributed by atoms with van der Waals surface area (Å²) >= 11 is 0. The van der Waals surface area contributed by atoms with E-state index in [-0.39, 0.29) is 0 Å². The summed E-state index contributed by atoms with van der Waals surface area (Å²) in [6.45, 7) is 6.16. The van der Waals surface area contributed by atoms with Gasteiger partial charge in [0.15, 0.2) is 0 Å². The second-order valence-corrected chi connectivity index (χ2v) is 3.82. The number of ether oxygens (including phenoxy) is 1. The van der Waals surface area contributed by atoms with Crippen molar-refractivity contribution in [3.05, 3.63) is 35.9 Å². The zero-order chi connectivity index (χ0) is 10.2. The fraction of sp³-hybridized carbons (Fsp3) is 0.538. The van der Waals surface area contributed by atoms with Crippen molar-refractivity contribution in [1.82, 2.24) is 0 Å². The Morgan fingerprint density at radius 3 is 2.57 bits per heavy atom. The van der Waals surface area contributed by atoms with Crippen molar-refractivity contribution < 1.29 is 4.74 Å². The van der Waals surface area contributed by atoms with Gasteiger partial charge in [-0.3, -0.25) is 0 Å². The third kappa shape index (κ3) is 4.43. The summed E-state index contributed by atoms with van der Waals surface area (Å²) in [5, 5.41) is 0. The van der Waals surface area contributed by atoms with Gasteiger partial charge >= 0.3 is 0 Å². The van der Waals surface area contributed by atoms with Crippen molar-refractivity contribution in [1.29, 1.82) is 0 Å². The van der Waals surface area contributed by atoms with Gasteiger partial charge in [0.05, 0.1) is 6.61 Å². The fourth-order valence-corrected chi connectivity index (χ4v) is 1.24. The third-order valence-corrected chi connectivity index (χ3v) is 2.48. The maximum absolute atomic E-state index is 5.59. The van der Waals surface area contributed by atoms with E-state index in [1.165, 1.54) is 12.0 Å². The Balaban J connectivity index is 2.10. The Labute approximate surface area is 87.1 Å². The zero-order valence-corrected chi connectivity index (χ0v) is 9.20. The van der Waals surface area contributed by atoms with E-state index in [4.69, 9.17) is 4.74 Å². The Morgan fingerprint density at radius 1 is 1.21 bits per heavy atom. The minimum atomic E-state index is 0.686. The lowest BCUT2D eigenvalue weighted by atomic mass is 10.1. The van der Waals surface area contributed by atoms with E-state index in [9.17, 15) is 0 Å². The van der Waals surface area contributed by atoms with E-state index in [2.05, 4.69) is 38.1 Å². The van der Waals surface area contributed by atoms with Crippen molar-refractivity contribution in [2.24, 2.45) is 5.92 Å². The smallest absolute Gasteiger partial charge is 0.0506 e. The molecule has 0 aliphatic carbocycles. The first-order valence-electron chi connectivity index (χ1n) is 5.44. The van der Waals surface area contributed by atoms with Gasteiger partial charge in [0.25, 0.3) is 0 Å². The molecule has 78 valence electrons. The predicted octanol–water partition coefficient (Wildman–Crippen LogP) is 3.29. The van der Waals surface area contributed by atoms with Crippen molar-refractivity contribution in [2.75, 3.05) is 13.2 Å². The minimum absolute atomic E-state index is 0.686. The van der Waals surface area contributed by atoms with Gasteiger partial charge in [0.2, 0.25) is 0 Å². The number of rotatable bonds is 6. The second-order valence-electron chi connectivity index (χ2n) is 3.82. The number of hydrogen-bond donors (Lipinski definition) is 0. The van der Waals surface area contributed by atoms with E-state index in [1.54, 1.807) is 0 Å². The molecule has 1 nitrogen and oxygen atoms in total. The molecular formula is C13H20O. The van der Waals surface area contributed by atoms with Crippen molar-refractivity contribution in [2.45, 2.75) is 26.7 Å². The van der Waals surface area contributed by atoms with Gasteiger partial charge < -0.3 is 4.74 Å². The monoisotopic (exact) mass is 192 g/mol. The quantitative estimate of drug-likeness (QED) is 0.628. The van der Waals surface area contributed by atoms with Crippen LogP contribution in [0.5, 0.6) is 0 Å². The van der Waals surface area contributed by atoms with Gasteiger partial charge in [-0.2, -0.15) is 0 Å². The molecular weight excluding hydrogens is 172 g/mol. The molecule has 1 rings (SSSR count). The topological polar surface area (TPSA) is 9.23 Å². The molecule has 1 atom stereocenters. The molecule has 0 aliphatic rings. The van der Waals surface area contributed by atoms with E-state index < -0.39 is 0 Å². The van der Waals surface area contributed by atoms with Crippen LogP contribution in [0.15, 0.2) is 30.3 Å². The summed E-state index contributed by atoms with van der Waals surface area (Å²) in [7, 11) is 0. The van der Waals surface area contributed by atoms with Gasteiger partial charge in [-0.05, 0) is 17.9 Å². The molecule has 0 saturated carbocycles. The van der Waals surface area contributed by atoms with Crippen molar-refractivity contribution in [3.63, 3.8) is 0 Å². The Morgan fingerprint density at radius 2 is 1.93 bits per heavy atom. The molecule has 0 aromatic heterocycles. The average molecular weight is 192 g/mol. The molecule has 0 saturated heterocycles. The van der Waals surface area contributed by atoms with Gasteiger partial charge in [-0.1, -0.05) is 50.6 Å². The standard InChI is InChI=1S/C13H20O/c1-3-12(2)11-14-10-9-13-7-5-4-6-8-13/h4-8,12H,3,9-11H2,1-2H3/t12-/m0/s1. The minimum Gasteiger partial charge on any atom is -0.381 e. The van der Waals surface area contributed by atoms with Crippen LogP contribution < -0.4 is 0 Å². The first-order chi connectivity index (χ1) is 6.83.